The van der Waals surface area contributed by atoms with E-state index in [0.29, 0.717) is 24.7 Å². The predicted octanol–water partition coefficient (Wildman–Crippen LogP) is 1.88. The molecule has 0 saturated heterocycles. The zero-order valence-corrected chi connectivity index (χ0v) is 10.1. The van der Waals surface area contributed by atoms with Crippen LogP contribution in [0.25, 0.3) is 0 Å². The summed E-state index contributed by atoms with van der Waals surface area (Å²) in [4.78, 5) is 4.23. The van der Waals surface area contributed by atoms with Crippen molar-refractivity contribution in [3.63, 3.8) is 0 Å². The van der Waals surface area contributed by atoms with Crippen molar-refractivity contribution in [1.82, 2.24) is 10.1 Å². The van der Waals surface area contributed by atoms with E-state index in [9.17, 15) is 0 Å². The third-order valence-electron chi connectivity index (χ3n) is 1.74. The zero-order chi connectivity index (χ0) is 11.1. The lowest BCUT2D eigenvalue weighted by Crippen LogP contribution is -1.93. The van der Waals surface area contributed by atoms with Gasteiger partial charge in [0.15, 0.2) is 5.82 Å². The fraction of sp³-hybridized carbons (Fsp3) is 0.800. The highest BCUT2D eigenvalue weighted by molar-refractivity contribution is 7.98. The van der Waals surface area contributed by atoms with Gasteiger partial charge in [-0.15, -0.1) is 0 Å². The van der Waals surface area contributed by atoms with Gasteiger partial charge in [0.2, 0.25) is 5.89 Å². The average molecular weight is 230 g/mol. The normalized spacial score (nSPS) is 11.2. The van der Waals surface area contributed by atoms with Gasteiger partial charge in [-0.25, -0.2) is 0 Å². The van der Waals surface area contributed by atoms with Crippen LogP contribution in [0.15, 0.2) is 4.52 Å². The van der Waals surface area contributed by atoms with Gasteiger partial charge in [-0.05, 0) is 18.1 Å². The second-order valence-electron chi connectivity index (χ2n) is 3.84. The monoisotopic (exact) mass is 230 g/mol. The van der Waals surface area contributed by atoms with E-state index in [1.165, 1.54) is 0 Å². The van der Waals surface area contributed by atoms with Gasteiger partial charge in [-0.1, -0.05) is 19.0 Å². The fourth-order valence-corrected chi connectivity index (χ4v) is 1.96. The topological polar surface area (TPSA) is 59.2 Å². The maximum absolute atomic E-state index is 8.64. The number of rotatable bonds is 7. The highest BCUT2D eigenvalue weighted by atomic mass is 32.2. The summed E-state index contributed by atoms with van der Waals surface area (Å²) in [6, 6.07) is 0. The Hall–Kier alpha value is -0.550. The molecule has 0 radical (unpaired) electrons. The number of nitrogens with zero attached hydrogens (tertiary/aromatic N) is 2. The van der Waals surface area contributed by atoms with Gasteiger partial charge in [0, 0.05) is 13.0 Å². The Morgan fingerprint density at radius 3 is 2.93 bits per heavy atom. The summed E-state index contributed by atoms with van der Waals surface area (Å²) in [5, 5.41) is 12.5. The Labute approximate surface area is 94.5 Å². The van der Waals surface area contributed by atoms with E-state index in [-0.39, 0.29) is 6.61 Å². The largest absolute Gasteiger partial charge is 0.396 e. The summed E-state index contributed by atoms with van der Waals surface area (Å²) < 4.78 is 5.04. The molecule has 15 heavy (non-hydrogen) atoms. The van der Waals surface area contributed by atoms with Crippen molar-refractivity contribution in [3.8, 4) is 0 Å². The van der Waals surface area contributed by atoms with Crippen LogP contribution in [0, 0.1) is 5.92 Å². The maximum atomic E-state index is 8.64. The lowest BCUT2D eigenvalue weighted by molar-refractivity contribution is 0.278. The minimum absolute atomic E-state index is 0.166. The molecule has 0 aliphatic carbocycles. The summed E-state index contributed by atoms with van der Waals surface area (Å²) in [7, 11) is 0. The molecule has 0 spiro atoms. The number of aliphatic hydroxyl groups is 1. The Bertz CT molecular complexity index is 276. The highest BCUT2D eigenvalue weighted by Gasteiger charge is 2.06. The molecule has 0 unspecified atom stereocenters. The standard InChI is InChI=1S/C10H18N2O2S/c1-8(2)6-15-7-9-11-10(14-12-9)4-3-5-13/h8,13H,3-7H2,1-2H3. The van der Waals surface area contributed by atoms with Crippen molar-refractivity contribution in [2.24, 2.45) is 5.92 Å². The number of hydrogen-bond acceptors (Lipinski definition) is 5. The fourth-order valence-electron chi connectivity index (χ4n) is 1.07. The third kappa shape index (κ3) is 5.18. The first-order chi connectivity index (χ1) is 7.22. The smallest absolute Gasteiger partial charge is 0.226 e. The number of aliphatic hydroxyl groups excluding tert-OH is 1. The minimum Gasteiger partial charge on any atom is -0.396 e. The molecule has 1 heterocycles. The molecule has 5 heteroatoms. The molecule has 0 aromatic carbocycles. The molecular formula is C10H18N2O2S. The molecule has 0 aliphatic heterocycles. The second kappa shape index (κ2) is 6.85. The molecule has 4 nitrogen and oxygen atoms in total. The zero-order valence-electron chi connectivity index (χ0n) is 9.27. The van der Waals surface area contributed by atoms with E-state index in [0.717, 1.165) is 17.3 Å². The lowest BCUT2D eigenvalue weighted by atomic mass is 10.3. The quantitative estimate of drug-likeness (QED) is 0.775. The number of aromatic nitrogens is 2. The van der Waals surface area contributed by atoms with Crippen LogP contribution in [0.3, 0.4) is 0 Å². The van der Waals surface area contributed by atoms with Crippen LogP contribution in [0.5, 0.6) is 0 Å². The van der Waals surface area contributed by atoms with E-state index in [1.807, 2.05) is 11.8 Å². The van der Waals surface area contributed by atoms with Crippen LogP contribution in [-0.4, -0.2) is 27.6 Å². The van der Waals surface area contributed by atoms with E-state index >= 15 is 0 Å². The molecule has 1 aromatic rings. The molecule has 0 saturated carbocycles. The molecule has 0 amide bonds. The number of hydrogen-bond donors (Lipinski definition) is 1. The average Bonchev–Trinajstić information content (AvgIpc) is 2.62. The summed E-state index contributed by atoms with van der Waals surface area (Å²) in [5.41, 5.74) is 0. The van der Waals surface area contributed by atoms with E-state index in [2.05, 4.69) is 24.0 Å². The molecular weight excluding hydrogens is 212 g/mol. The van der Waals surface area contributed by atoms with Gasteiger partial charge >= 0.3 is 0 Å². The summed E-state index contributed by atoms with van der Waals surface area (Å²) in [6.07, 6.45) is 1.35. The van der Waals surface area contributed by atoms with Gasteiger partial charge in [0.25, 0.3) is 0 Å². The Morgan fingerprint density at radius 2 is 2.27 bits per heavy atom. The lowest BCUT2D eigenvalue weighted by Gasteiger charge is -2.00. The Kier molecular flexibility index (Phi) is 5.71. The third-order valence-corrected chi connectivity index (χ3v) is 3.11. The van der Waals surface area contributed by atoms with Gasteiger partial charge in [0.1, 0.15) is 0 Å². The van der Waals surface area contributed by atoms with Crippen molar-refractivity contribution in [3.05, 3.63) is 11.7 Å². The molecule has 86 valence electrons. The van der Waals surface area contributed by atoms with Gasteiger partial charge < -0.3 is 9.63 Å². The number of aryl methyl sites for hydroxylation is 1. The first-order valence-corrected chi connectivity index (χ1v) is 6.38. The first-order valence-electron chi connectivity index (χ1n) is 5.22. The van der Waals surface area contributed by atoms with Gasteiger partial charge in [-0.3, -0.25) is 0 Å². The van der Waals surface area contributed by atoms with Crippen LogP contribution in [-0.2, 0) is 12.2 Å². The van der Waals surface area contributed by atoms with Crippen molar-refractivity contribution in [2.45, 2.75) is 32.4 Å². The van der Waals surface area contributed by atoms with E-state index in [4.69, 9.17) is 9.63 Å². The minimum atomic E-state index is 0.166. The highest BCUT2D eigenvalue weighted by Crippen LogP contribution is 2.13. The Balaban J connectivity index is 2.26. The number of thioether (sulfide) groups is 1. The van der Waals surface area contributed by atoms with Crippen LogP contribution in [0.4, 0.5) is 0 Å². The van der Waals surface area contributed by atoms with Gasteiger partial charge in [0.05, 0.1) is 5.75 Å². The molecule has 0 bridgehead atoms. The Morgan fingerprint density at radius 1 is 1.47 bits per heavy atom. The summed E-state index contributed by atoms with van der Waals surface area (Å²) in [6.45, 7) is 4.55. The second-order valence-corrected chi connectivity index (χ2v) is 4.87. The molecule has 1 aromatic heterocycles. The van der Waals surface area contributed by atoms with E-state index < -0.39 is 0 Å². The van der Waals surface area contributed by atoms with Crippen molar-refractivity contribution in [1.29, 1.82) is 0 Å². The van der Waals surface area contributed by atoms with Gasteiger partial charge in [-0.2, -0.15) is 16.7 Å². The molecule has 0 fully saturated rings. The van der Waals surface area contributed by atoms with E-state index in [1.54, 1.807) is 0 Å². The molecule has 0 atom stereocenters. The van der Waals surface area contributed by atoms with Crippen LogP contribution < -0.4 is 0 Å². The summed E-state index contributed by atoms with van der Waals surface area (Å²) in [5.74, 6) is 4.00. The molecule has 1 rings (SSSR count). The molecule has 1 N–H and O–H groups in total. The van der Waals surface area contributed by atoms with Crippen molar-refractivity contribution >= 4 is 11.8 Å². The molecule has 0 aliphatic rings. The van der Waals surface area contributed by atoms with Crippen LogP contribution in [0.1, 0.15) is 32.0 Å². The van der Waals surface area contributed by atoms with Crippen molar-refractivity contribution < 1.29 is 9.63 Å². The van der Waals surface area contributed by atoms with Crippen LogP contribution in [0.2, 0.25) is 0 Å². The van der Waals surface area contributed by atoms with Crippen LogP contribution >= 0.6 is 11.8 Å². The maximum Gasteiger partial charge on any atom is 0.226 e. The van der Waals surface area contributed by atoms with Crippen molar-refractivity contribution in [2.75, 3.05) is 12.4 Å². The SMILES string of the molecule is CC(C)CSCc1noc(CCCO)n1. The summed E-state index contributed by atoms with van der Waals surface area (Å²) >= 11 is 1.82. The first kappa shape index (κ1) is 12.5. The predicted molar refractivity (Wildman–Crippen MR) is 60.7 cm³/mol.